The van der Waals surface area contributed by atoms with Crippen molar-refractivity contribution in [3.63, 3.8) is 0 Å². The number of rotatable bonds is 7. The second-order valence-corrected chi connectivity index (χ2v) is 7.47. The number of hydrogen-bond donors (Lipinski definition) is 0. The van der Waals surface area contributed by atoms with E-state index in [4.69, 9.17) is 9.47 Å². The summed E-state index contributed by atoms with van der Waals surface area (Å²) in [4.78, 5) is 17.4. The highest BCUT2D eigenvalue weighted by molar-refractivity contribution is 5.97. The smallest absolute Gasteiger partial charge is 0.257 e. The van der Waals surface area contributed by atoms with Crippen molar-refractivity contribution < 1.29 is 14.3 Å². The molecule has 2 aromatic rings. The van der Waals surface area contributed by atoms with Crippen LogP contribution < -0.4 is 9.47 Å². The average Bonchev–Trinajstić information content (AvgIpc) is 3.18. The molecule has 0 spiro atoms. The monoisotopic (exact) mass is 382 g/mol. The van der Waals surface area contributed by atoms with Crippen molar-refractivity contribution in [1.82, 2.24) is 9.80 Å². The Kier molecular flexibility index (Phi) is 6.57. The molecule has 3 rings (SSSR count). The minimum absolute atomic E-state index is 0.0366. The van der Waals surface area contributed by atoms with E-state index in [1.54, 1.807) is 7.11 Å². The van der Waals surface area contributed by atoms with Crippen LogP contribution in [0.4, 0.5) is 0 Å². The van der Waals surface area contributed by atoms with E-state index in [1.165, 1.54) is 5.56 Å². The first kappa shape index (κ1) is 20.2. The molecule has 0 bridgehead atoms. The Labute approximate surface area is 167 Å². The quantitative estimate of drug-likeness (QED) is 0.733. The highest BCUT2D eigenvalue weighted by atomic mass is 16.5. The molecule has 1 saturated heterocycles. The number of likely N-dealkylation sites (N-methyl/N-ethyl adjacent to an activating group) is 1. The molecule has 0 aromatic heterocycles. The van der Waals surface area contributed by atoms with Crippen LogP contribution in [0.3, 0.4) is 0 Å². The standard InChI is InChI=1S/C23H30N2O3/c1-5-14-28-22-9-7-6-8-19(22)23(26)25-15-20(21(16-25)24(2)3)17-10-12-18(27-4)13-11-17/h6-13,20-21H,5,14-16H2,1-4H3. The molecule has 2 aromatic carbocycles. The molecule has 2 unspecified atom stereocenters. The summed E-state index contributed by atoms with van der Waals surface area (Å²) in [5.74, 6) is 1.81. The lowest BCUT2D eigenvalue weighted by molar-refractivity contribution is 0.0778. The van der Waals surface area contributed by atoms with E-state index < -0.39 is 0 Å². The van der Waals surface area contributed by atoms with E-state index >= 15 is 0 Å². The number of nitrogens with zero attached hydrogens (tertiary/aromatic N) is 2. The lowest BCUT2D eigenvalue weighted by Gasteiger charge is -2.25. The summed E-state index contributed by atoms with van der Waals surface area (Å²) >= 11 is 0. The molecule has 2 atom stereocenters. The Morgan fingerprint density at radius 3 is 2.46 bits per heavy atom. The van der Waals surface area contributed by atoms with Gasteiger partial charge in [-0.2, -0.15) is 0 Å². The van der Waals surface area contributed by atoms with Gasteiger partial charge in [-0.3, -0.25) is 4.79 Å². The van der Waals surface area contributed by atoms with E-state index in [1.807, 2.05) is 41.3 Å². The molecule has 0 saturated carbocycles. The van der Waals surface area contributed by atoms with E-state index in [0.717, 1.165) is 12.2 Å². The number of hydrogen-bond acceptors (Lipinski definition) is 4. The Balaban J connectivity index is 1.82. The van der Waals surface area contributed by atoms with Crippen molar-refractivity contribution in [2.24, 2.45) is 0 Å². The predicted octanol–water partition coefficient (Wildman–Crippen LogP) is 3.65. The van der Waals surface area contributed by atoms with Crippen LogP contribution in [0.1, 0.15) is 35.2 Å². The molecule has 150 valence electrons. The first-order valence-electron chi connectivity index (χ1n) is 9.86. The fourth-order valence-corrected chi connectivity index (χ4v) is 3.81. The summed E-state index contributed by atoms with van der Waals surface area (Å²) in [6.45, 7) is 4.06. The van der Waals surface area contributed by atoms with Crippen LogP contribution in [0.15, 0.2) is 48.5 Å². The van der Waals surface area contributed by atoms with Gasteiger partial charge in [-0.1, -0.05) is 31.2 Å². The minimum Gasteiger partial charge on any atom is -0.497 e. The van der Waals surface area contributed by atoms with E-state index in [9.17, 15) is 4.79 Å². The highest BCUT2D eigenvalue weighted by Gasteiger charge is 2.38. The van der Waals surface area contributed by atoms with Gasteiger partial charge in [-0.15, -0.1) is 0 Å². The molecule has 1 heterocycles. The Morgan fingerprint density at radius 2 is 1.82 bits per heavy atom. The molecular weight excluding hydrogens is 352 g/mol. The van der Waals surface area contributed by atoms with E-state index in [0.29, 0.717) is 31.0 Å². The fourth-order valence-electron chi connectivity index (χ4n) is 3.81. The first-order valence-corrected chi connectivity index (χ1v) is 9.86. The van der Waals surface area contributed by atoms with Gasteiger partial charge in [0.2, 0.25) is 0 Å². The van der Waals surface area contributed by atoms with Gasteiger partial charge in [0.25, 0.3) is 5.91 Å². The number of benzene rings is 2. The van der Waals surface area contributed by atoms with Crippen molar-refractivity contribution >= 4 is 5.91 Å². The third-order valence-corrected chi connectivity index (χ3v) is 5.36. The summed E-state index contributed by atoms with van der Waals surface area (Å²) in [5.41, 5.74) is 1.87. The van der Waals surface area contributed by atoms with Crippen LogP contribution in [0, 0.1) is 0 Å². The maximum atomic E-state index is 13.3. The lowest BCUT2D eigenvalue weighted by Crippen LogP contribution is -2.36. The van der Waals surface area contributed by atoms with E-state index in [2.05, 4.69) is 38.1 Å². The molecule has 0 N–H and O–H groups in total. The third kappa shape index (κ3) is 4.30. The second-order valence-electron chi connectivity index (χ2n) is 7.47. The SMILES string of the molecule is CCCOc1ccccc1C(=O)N1CC(c2ccc(OC)cc2)C(N(C)C)C1. The molecule has 0 radical (unpaired) electrons. The maximum absolute atomic E-state index is 13.3. The van der Waals surface area contributed by atoms with Crippen molar-refractivity contribution in [2.45, 2.75) is 25.3 Å². The van der Waals surface area contributed by atoms with Crippen molar-refractivity contribution in [3.05, 3.63) is 59.7 Å². The van der Waals surface area contributed by atoms with Crippen LogP contribution in [-0.4, -0.2) is 62.7 Å². The number of amides is 1. The number of para-hydroxylation sites is 1. The average molecular weight is 383 g/mol. The van der Waals surface area contributed by atoms with Crippen LogP contribution in [0.25, 0.3) is 0 Å². The van der Waals surface area contributed by atoms with Gasteiger partial charge >= 0.3 is 0 Å². The maximum Gasteiger partial charge on any atom is 0.257 e. The fraction of sp³-hybridized carbons (Fsp3) is 0.435. The summed E-state index contributed by atoms with van der Waals surface area (Å²) in [7, 11) is 5.83. The third-order valence-electron chi connectivity index (χ3n) is 5.36. The van der Waals surface area contributed by atoms with Gasteiger partial charge in [0, 0.05) is 25.0 Å². The molecule has 1 aliphatic rings. The molecule has 5 heteroatoms. The molecule has 28 heavy (non-hydrogen) atoms. The number of carbonyl (C=O) groups is 1. The van der Waals surface area contributed by atoms with Crippen LogP contribution in [0.5, 0.6) is 11.5 Å². The van der Waals surface area contributed by atoms with Crippen LogP contribution in [-0.2, 0) is 0 Å². The molecular formula is C23H30N2O3. The summed E-state index contributed by atoms with van der Waals surface area (Å²) in [6, 6.07) is 16.0. The first-order chi connectivity index (χ1) is 13.5. The van der Waals surface area contributed by atoms with Crippen molar-refractivity contribution in [1.29, 1.82) is 0 Å². The summed E-state index contributed by atoms with van der Waals surface area (Å²) in [6.07, 6.45) is 0.911. The Morgan fingerprint density at radius 1 is 1.11 bits per heavy atom. The van der Waals surface area contributed by atoms with Gasteiger partial charge in [-0.25, -0.2) is 0 Å². The lowest BCUT2D eigenvalue weighted by atomic mass is 9.93. The summed E-state index contributed by atoms with van der Waals surface area (Å²) < 4.78 is 11.1. The molecule has 1 amide bonds. The number of likely N-dealkylation sites (tertiary alicyclic amines) is 1. The second kappa shape index (κ2) is 9.11. The summed E-state index contributed by atoms with van der Waals surface area (Å²) in [5, 5.41) is 0. The highest BCUT2D eigenvalue weighted by Crippen LogP contribution is 2.33. The predicted molar refractivity (Wildman–Crippen MR) is 111 cm³/mol. The van der Waals surface area contributed by atoms with Gasteiger partial charge in [-0.05, 0) is 50.3 Å². The zero-order valence-electron chi connectivity index (χ0n) is 17.2. The van der Waals surface area contributed by atoms with Crippen LogP contribution in [0.2, 0.25) is 0 Å². The zero-order chi connectivity index (χ0) is 20.1. The molecule has 1 aliphatic heterocycles. The molecule has 0 aliphatic carbocycles. The Bertz CT molecular complexity index is 789. The normalized spacial score (nSPS) is 19.1. The number of carbonyl (C=O) groups excluding carboxylic acids is 1. The number of methoxy groups -OCH3 is 1. The van der Waals surface area contributed by atoms with Crippen LogP contribution >= 0.6 is 0 Å². The molecule has 1 fully saturated rings. The zero-order valence-corrected chi connectivity index (χ0v) is 17.2. The van der Waals surface area contributed by atoms with Gasteiger partial charge in [0.15, 0.2) is 0 Å². The van der Waals surface area contributed by atoms with Crippen molar-refractivity contribution in [3.8, 4) is 11.5 Å². The Hall–Kier alpha value is -2.53. The largest absolute Gasteiger partial charge is 0.497 e. The number of ether oxygens (including phenoxy) is 2. The minimum atomic E-state index is 0.0366. The van der Waals surface area contributed by atoms with Gasteiger partial charge < -0.3 is 19.3 Å². The van der Waals surface area contributed by atoms with Crippen molar-refractivity contribution in [2.75, 3.05) is 40.9 Å². The topological polar surface area (TPSA) is 42.0 Å². The van der Waals surface area contributed by atoms with Gasteiger partial charge in [0.05, 0.1) is 19.3 Å². The van der Waals surface area contributed by atoms with E-state index in [-0.39, 0.29) is 17.9 Å². The van der Waals surface area contributed by atoms with Gasteiger partial charge in [0.1, 0.15) is 11.5 Å². The molecule has 5 nitrogen and oxygen atoms in total.